The van der Waals surface area contributed by atoms with Crippen LogP contribution >= 0.6 is 23.4 Å². The second kappa shape index (κ2) is 8.81. The van der Waals surface area contributed by atoms with E-state index >= 15 is 0 Å². The summed E-state index contributed by atoms with van der Waals surface area (Å²) in [6.45, 7) is 4.14. The van der Waals surface area contributed by atoms with Gasteiger partial charge in [-0.3, -0.25) is 0 Å². The molecule has 0 saturated carbocycles. The zero-order chi connectivity index (χ0) is 22.0. The smallest absolute Gasteiger partial charge is 0.349 e. The molecule has 0 atom stereocenters. The van der Waals surface area contributed by atoms with E-state index in [2.05, 4.69) is 13.8 Å². The molecule has 0 unspecified atom stereocenters. The topological polar surface area (TPSA) is 46.5 Å². The van der Waals surface area contributed by atoms with Crippen LogP contribution in [0.3, 0.4) is 0 Å². The third-order valence-electron chi connectivity index (χ3n) is 5.42. The number of hydrogen-bond donors (Lipinski definition) is 1. The van der Waals surface area contributed by atoms with Gasteiger partial charge < -0.3 is 9.84 Å². The fraction of sp³-hybridized carbons (Fsp3) is 0.192. The first-order valence-corrected chi connectivity index (χ1v) is 11.3. The Hall–Kier alpha value is -2.69. The molecule has 0 saturated heterocycles. The molecule has 0 amide bonds. The van der Waals surface area contributed by atoms with Crippen molar-refractivity contribution in [1.29, 1.82) is 0 Å². The summed E-state index contributed by atoms with van der Waals surface area (Å²) in [5.41, 5.74) is 1.59. The van der Waals surface area contributed by atoms with Crippen molar-refractivity contribution in [2.75, 3.05) is 0 Å². The molecule has 31 heavy (non-hydrogen) atoms. The Morgan fingerprint density at radius 2 is 1.55 bits per heavy atom. The number of aliphatic hydroxyl groups excluding tert-OH is 1. The lowest BCUT2D eigenvalue weighted by atomic mass is 9.81. The van der Waals surface area contributed by atoms with Crippen LogP contribution in [-0.4, -0.2) is 11.1 Å². The Bertz CT molecular complexity index is 1080. The third-order valence-corrected chi connectivity index (χ3v) is 6.85. The molecule has 3 nitrogen and oxygen atoms in total. The van der Waals surface area contributed by atoms with Crippen LogP contribution in [0.4, 0.5) is 0 Å². The van der Waals surface area contributed by atoms with Crippen LogP contribution in [0.15, 0.2) is 94.4 Å². The maximum Gasteiger partial charge on any atom is 0.349 e. The van der Waals surface area contributed by atoms with Gasteiger partial charge in [0.1, 0.15) is 10.7 Å². The van der Waals surface area contributed by atoms with Crippen molar-refractivity contribution in [3.63, 3.8) is 0 Å². The highest BCUT2D eigenvalue weighted by molar-refractivity contribution is 8.04. The Kier molecular flexibility index (Phi) is 6.12. The van der Waals surface area contributed by atoms with E-state index in [1.54, 1.807) is 6.07 Å². The summed E-state index contributed by atoms with van der Waals surface area (Å²) in [5, 5.41) is 11.7. The fourth-order valence-electron chi connectivity index (χ4n) is 3.85. The molecule has 1 N–H and O–H groups in total. The summed E-state index contributed by atoms with van der Waals surface area (Å²) in [5.74, 6) is -0.291. The van der Waals surface area contributed by atoms with Crippen molar-refractivity contribution in [2.24, 2.45) is 0 Å². The molecule has 5 heteroatoms. The van der Waals surface area contributed by atoms with E-state index in [-0.39, 0.29) is 23.0 Å². The van der Waals surface area contributed by atoms with E-state index in [4.69, 9.17) is 16.3 Å². The molecule has 1 heterocycles. The zero-order valence-electron chi connectivity index (χ0n) is 17.3. The quantitative estimate of drug-likeness (QED) is 0.417. The number of ether oxygens (including phenoxy) is 1. The average molecular weight is 451 g/mol. The van der Waals surface area contributed by atoms with Gasteiger partial charge in [-0.1, -0.05) is 97.9 Å². The van der Waals surface area contributed by atoms with Gasteiger partial charge in [-0.25, -0.2) is 4.79 Å². The Balaban J connectivity index is 1.77. The molecule has 1 aliphatic heterocycles. The van der Waals surface area contributed by atoms with Crippen molar-refractivity contribution in [1.82, 2.24) is 0 Å². The number of halogens is 1. The first-order valence-electron chi connectivity index (χ1n) is 10.1. The van der Waals surface area contributed by atoms with Crippen molar-refractivity contribution >= 4 is 29.3 Å². The van der Waals surface area contributed by atoms with E-state index in [1.807, 2.05) is 72.8 Å². The van der Waals surface area contributed by atoms with Gasteiger partial charge in [-0.05, 0) is 29.7 Å². The van der Waals surface area contributed by atoms with E-state index in [0.29, 0.717) is 5.02 Å². The van der Waals surface area contributed by atoms with Gasteiger partial charge in [0.25, 0.3) is 0 Å². The predicted molar refractivity (Wildman–Crippen MR) is 125 cm³/mol. The van der Waals surface area contributed by atoms with Crippen LogP contribution < -0.4 is 0 Å². The maximum absolute atomic E-state index is 13.2. The van der Waals surface area contributed by atoms with E-state index in [1.165, 1.54) is 11.8 Å². The van der Waals surface area contributed by atoms with Crippen molar-refractivity contribution < 1.29 is 14.6 Å². The van der Waals surface area contributed by atoms with Crippen LogP contribution in [0.25, 0.3) is 0 Å². The molecule has 0 bridgehead atoms. The van der Waals surface area contributed by atoms with E-state index in [0.717, 1.165) is 21.6 Å². The third kappa shape index (κ3) is 4.23. The predicted octanol–water partition coefficient (Wildman–Crippen LogP) is 7.22. The number of benzene rings is 3. The molecule has 0 radical (unpaired) electrons. The second-order valence-electron chi connectivity index (χ2n) is 7.84. The van der Waals surface area contributed by atoms with Crippen LogP contribution in [0.5, 0.6) is 0 Å². The average Bonchev–Trinajstić information content (AvgIpc) is 2.78. The molecular weight excluding hydrogens is 428 g/mol. The molecule has 0 aromatic heterocycles. The molecule has 3 aromatic carbocycles. The molecular formula is C26H23ClO3S. The lowest BCUT2D eigenvalue weighted by Gasteiger charge is -2.38. The Morgan fingerprint density at radius 3 is 2.06 bits per heavy atom. The van der Waals surface area contributed by atoms with Crippen LogP contribution in [0.1, 0.15) is 42.9 Å². The number of carbonyl (C=O) groups is 1. The lowest BCUT2D eigenvalue weighted by Crippen LogP contribution is -2.38. The van der Waals surface area contributed by atoms with Gasteiger partial charge >= 0.3 is 5.97 Å². The van der Waals surface area contributed by atoms with Crippen molar-refractivity contribution in [2.45, 2.75) is 36.7 Å². The SMILES string of the molecule is CC(C)c1cc(Cl)ccc1SC1=C(O)CC(c2ccccc2)(c2ccccc2)OC1=O. The first-order chi connectivity index (χ1) is 14.9. The van der Waals surface area contributed by atoms with E-state index in [9.17, 15) is 9.90 Å². The van der Waals surface area contributed by atoms with Crippen LogP contribution in [0.2, 0.25) is 5.02 Å². The highest BCUT2D eigenvalue weighted by atomic mass is 35.5. The van der Waals surface area contributed by atoms with Crippen molar-refractivity contribution in [3.05, 3.63) is 111 Å². The number of thioether (sulfide) groups is 1. The minimum atomic E-state index is -1.07. The molecule has 4 rings (SSSR count). The minimum absolute atomic E-state index is 0.0265. The van der Waals surface area contributed by atoms with Gasteiger partial charge in [0.2, 0.25) is 0 Å². The van der Waals surface area contributed by atoms with Gasteiger partial charge in [0.05, 0.1) is 6.42 Å². The highest BCUT2D eigenvalue weighted by Crippen LogP contribution is 2.47. The molecule has 0 spiro atoms. The first kappa shape index (κ1) is 21.5. The minimum Gasteiger partial charge on any atom is -0.511 e. The molecule has 0 fully saturated rings. The van der Waals surface area contributed by atoms with Gasteiger partial charge in [0, 0.05) is 21.0 Å². The second-order valence-corrected chi connectivity index (χ2v) is 9.33. The summed E-state index contributed by atoms with van der Waals surface area (Å²) in [6, 6.07) is 24.7. The standard InChI is InChI=1S/C26H23ClO3S/c1-17(2)21-15-20(27)13-14-23(21)31-24-22(28)16-26(30-25(24)29,18-9-5-3-6-10-18)19-11-7-4-8-12-19/h3-15,17,28H,16H2,1-2H3. The summed E-state index contributed by atoms with van der Waals surface area (Å²) in [6.07, 6.45) is 0.166. The van der Waals surface area contributed by atoms with Gasteiger partial charge in [-0.2, -0.15) is 0 Å². The number of esters is 1. The van der Waals surface area contributed by atoms with E-state index < -0.39 is 11.6 Å². The van der Waals surface area contributed by atoms with Crippen LogP contribution in [0, 0.1) is 0 Å². The number of hydrogen-bond acceptors (Lipinski definition) is 4. The summed E-state index contributed by atoms with van der Waals surface area (Å²) in [4.78, 5) is 14.3. The van der Waals surface area contributed by atoms with Gasteiger partial charge in [0.15, 0.2) is 5.60 Å². The van der Waals surface area contributed by atoms with Crippen molar-refractivity contribution in [3.8, 4) is 0 Å². The fourth-order valence-corrected chi connectivity index (χ4v) is 5.12. The molecule has 0 aliphatic carbocycles. The van der Waals surface area contributed by atoms with Crippen LogP contribution in [-0.2, 0) is 15.1 Å². The van der Waals surface area contributed by atoms with Gasteiger partial charge in [-0.15, -0.1) is 0 Å². The largest absolute Gasteiger partial charge is 0.511 e. The molecule has 158 valence electrons. The monoisotopic (exact) mass is 450 g/mol. The lowest BCUT2D eigenvalue weighted by molar-refractivity contribution is -0.154. The number of carbonyl (C=O) groups excluding carboxylic acids is 1. The molecule has 1 aliphatic rings. The number of rotatable bonds is 5. The Morgan fingerprint density at radius 1 is 0.968 bits per heavy atom. The highest BCUT2D eigenvalue weighted by Gasteiger charge is 2.45. The summed E-state index contributed by atoms with van der Waals surface area (Å²) < 4.78 is 6.12. The summed E-state index contributed by atoms with van der Waals surface area (Å²) >= 11 is 7.40. The maximum atomic E-state index is 13.2. The number of cyclic esters (lactones) is 1. The summed E-state index contributed by atoms with van der Waals surface area (Å²) in [7, 11) is 0. The number of aliphatic hydroxyl groups is 1. The molecule has 3 aromatic rings. The zero-order valence-corrected chi connectivity index (χ0v) is 18.9. The normalized spacial score (nSPS) is 15.8. The Labute approximate surface area is 191 Å².